The van der Waals surface area contributed by atoms with Gasteiger partial charge in [0.15, 0.2) is 12.6 Å². The minimum Gasteiger partial charge on any atom is -0.394 e. The SMILES string of the molecule is CC/C=C\C/C=C\C/C=C\C/C=C\CCCCCCCCCCCCC(=O)NC(COC1OC(CO)C(OC2OC(CO)C(O)C(O)C2O)C(O)C1O)C(O)/C=C/CC/C=C/CCCCCCCCCCCCCCCCCCCCCCCC. The highest BCUT2D eigenvalue weighted by Crippen LogP contribution is 2.30. The van der Waals surface area contributed by atoms with E-state index in [2.05, 4.69) is 79.9 Å². The van der Waals surface area contributed by atoms with Crippen LogP contribution in [0.3, 0.4) is 0 Å². The second-order valence-corrected chi connectivity index (χ2v) is 24.3. The van der Waals surface area contributed by atoms with Crippen LogP contribution in [0.1, 0.15) is 277 Å². The molecular weight excluding hydrogens is 1070 g/mol. The zero-order valence-corrected chi connectivity index (χ0v) is 53.6. The third-order valence-electron chi connectivity index (χ3n) is 16.6. The Morgan fingerprint density at radius 2 is 0.824 bits per heavy atom. The topological polar surface area (TPSA) is 228 Å². The van der Waals surface area contributed by atoms with Crippen molar-refractivity contribution >= 4 is 5.91 Å². The number of allylic oxidation sites excluding steroid dienone is 11. The first kappa shape index (κ1) is 78.5. The van der Waals surface area contributed by atoms with E-state index < -0.39 is 86.8 Å². The van der Waals surface area contributed by atoms with Gasteiger partial charge in [0.25, 0.3) is 0 Å². The summed E-state index contributed by atoms with van der Waals surface area (Å²) in [6.07, 6.45) is 58.1. The molecule has 12 unspecified atom stereocenters. The Balaban J connectivity index is 1.71. The fraction of sp³-hybridized carbons (Fsp3) is 0.817. The molecule has 9 N–H and O–H groups in total. The molecule has 2 rings (SSSR count). The molecule has 1 amide bonds. The van der Waals surface area contributed by atoms with Crippen LogP contribution in [-0.2, 0) is 23.7 Å². The van der Waals surface area contributed by atoms with Crippen molar-refractivity contribution in [1.29, 1.82) is 0 Å². The molecule has 0 bridgehead atoms. The van der Waals surface area contributed by atoms with E-state index in [1.165, 1.54) is 180 Å². The molecule has 0 aromatic rings. The van der Waals surface area contributed by atoms with Gasteiger partial charge in [0, 0.05) is 6.42 Å². The van der Waals surface area contributed by atoms with Crippen molar-refractivity contribution in [3.8, 4) is 0 Å². The van der Waals surface area contributed by atoms with Gasteiger partial charge in [0.2, 0.25) is 5.91 Å². The molecule has 0 aliphatic carbocycles. The number of rotatable bonds is 56. The monoisotopic (exact) mass is 1200 g/mol. The number of carbonyl (C=O) groups is 1. The van der Waals surface area contributed by atoms with Crippen LogP contribution >= 0.6 is 0 Å². The van der Waals surface area contributed by atoms with Crippen LogP contribution in [0, 0.1) is 0 Å². The van der Waals surface area contributed by atoms with Crippen molar-refractivity contribution in [3.05, 3.63) is 72.9 Å². The smallest absolute Gasteiger partial charge is 0.220 e. The van der Waals surface area contributed by atoms with Crippen molar-refractivity contribution in [2.24, 2.45) is 0 Å². The largest absolute Gasteiger partial charge is 0.394 e. The number of aliphatic hydroxyl groups is 8. The van der Waals surface area contributed by atoms with Gasteiger partial charge in [0.05, 0.1) is 32.0 Å². The van der Waals surface area contributed by atoms with Gasteiger partial charge < -0.3 is 65.1 Å². The average Bonchev–Trinajstić information content (AvgIpc) is 3.68. The summed E-state index contributed by atoms with van der Waals surface area (Å²) in [5, 5.41) is 87.4. The molecule has 0 saturated carbocycles. The van der Waals surface area contributed by atoms with E-state index in [0.717, 1.165) is 64.2 Å². The number of hydrogen-bond acceptors (Lipinski definition) is 13. The summed E-state index contributed by atoms with van der Waals surface area (Å²) in [5.41, 5.74) is 0. The van der Waals surface area contributed by atoms with Gasteiger partial charge in [-0.05, 0) is 70.6 Å². The normalized spacial score (nSPS) is 24.0. The highest BCUT2D eigenvalue weighted by Gasteiger charge is 2.51. The Kier molecular flexibility index (Phi) is 51.3. The second kappa shape index (κ2) is 55.5. The van der Waals surface area contributed by atoms with E-state index in [0.29, 0.717) is 12.8 Å². The first-order valence-electron chi connectivity index (χ1n) is 34.7. The molecule has 2 aliphatic rings. The summed E-state index contributed by atoms with van der Waals surface area (Å²) < 4.78 is 22.8. The van der Waals surface area contributed by atoms with E-state index in [-0.39, 0.29) is 18.9 Å². The lowest BCUT2D eigenvalue weighted by atomic mass is 9.97. The molecule has 14 heteroatoms. The number of unbranched alkanes of at least 4 members (excludes halogenated alkanes) is 33. The Morgan fingerprint density at radius 3 is 1.29 bits per heavy atom. The number of hydrogen-bond donors (Lipinski definition) is 9. The van der Waals surface area contributed by atoms with Gasteiger partial charge in [-0.25, -0.2) is 0 Å². The lowest BCUT2D eigenvalue weighted by Crippen LogP contribution is -2.65. The fourth-order valence-electron chi connectivity index (χ4n) is 11.1. The predicted octanol–water partition coefficient (Wildman–Crippen LogP) is 13.8. The van der Waals surface area contributed by atoms with Gasteiger partial charge >= 0.3 is 0 Å². The zero-order chi connectivity index (χ0) is 61.6. The van der Waals surface area contributed by atoms with Gasteiger partial charge in [-0.3, -0.25) is 4.79 Å². The van der Waals surface area contributed by atoms with Crippen molar-refractivity contribution in [2.75, 3.05) is 19.8 Å². The van der Waals surface area contributed by atoms with Crippen molar-refractivity contribution in [1.82, 2.24) is 5.32 Å². The molecule has 14 nitrogen and oxygen atoms in total. The third kappa shape index (κ3) is 39.9. The first-order valence-corrected chi connectivity index (χ1v) is 34.7. The zero-order valence-electron chi connectivity index (χ0n) is 53.6. The average molecular weight is 1200 g/mol. The molecule has 2 fully saturated rings. The van der Waals surface area contributed by atoms with Crippen molar-refractivity contribution < 1.29 is 64.6 Å². The summed E-state index contributed by atoms with van der Waals surface area (Å²) in [5.74, 6) is -0.254. The second-order valence-electron chi connectivity index (χ2n) is 24.3. The number of aliphatic hydroxyl groups excluding tert-OH is 8. The van der Waals surface area contributed by atoms with E-state index in [9.17, 15) is 45.6 Å². The van der Waals surface area contributed by atoms with Gasteiger partial charge in [-0.1, -0.05) is 273 Å². The Morgan fingerprint density at radius 1 is 0.435 bits per heavy atom. The maximum absolute atomic E-state index is 13.3. The van der Waals surface area contributed by atoms with Crippen LogP contribution in [0.25, 0.3) is 0 Å². The highest BCUT2D eigenvalue weighted by molar-refractivity contribution is 5.76. The van der Waals surface area contributed by atoms with Crippen LogP contribution in [-0.4, -0.2) is 140 Å². The van der Waals surface area contributed by atoms with Crippen molar-refractivity contribution in [3.63, 3.8) is 0 Å². The lowest BCUT2D eigenvalue weighted by molar-refractivity contribution is -0.359. The van der Waals surface area contributed by atoms with E-state index in [1.807, 2.05) is 6.08 Å². The van der Waals surface area contributed by atoms with E-state index in [4.69, 9.17) is 18.9 Å². The Hall–Kier alpha value is -2.57. The molecule has 2 saturated heterocycles. The quantitative estimate of drug-likeness (QED) is 0.0204. The number of carbonyl (C=O) groups excluding carboxylic acids is 1. The Bertz CT molecular complexity index is 1700. The molecule has 0 aromatic heterocycles. The standard InChI is InChI=1S/C71H127NO13/c1-3-5-7-9-11-13-15-17-19-21-23-25-27-28-29-30-31-33-34-36-38-40-42-44-46-48-50-52-54-60(75)59(58-82-70-68(81)66(79)69(62(57-74)84-70)85-71-67(80)65(78)64(77)61(56-73)83-71)72-63(76)55-53-51-49-47-45-43-41-39-37-35-32-26-24-22-20-18-16-14-12-10-8-6-4-2/h6,8,12,14,18,20,24,26,44,46,52,54,59-62,64-71,73-75,77-81H,3-5,7,9-11,13,15-17,19,21-23,25,27-43,45,47-51,53,55-58H2,1-2H3,(H,72,76)/b8-6-,14-12-,20-18-,26-24-,46-44+,54-52+. The predicted molar refractivity (Wildman–Crippen MR) is 346 cm³/mol. The van der Waals surface area contributed by atoms with Crippen LogP contribution < -0.4 is 5.32 Å². The maximum atomic E-state index is 13.3. The van der Waals surface area contributed by atoms with Crippen LogP contribution in [0.5, 0.6) is 0 Å². The minimum absolute atomic E-state index is 0.254. The van der Waals surface area contributed by atoms with Crippen LogP contribution in [0.2, 0.25) is 0 Å². The fourth-order valence-corrected chi connectivity index (χ4v) is 11.1. The van der Waals surface area contributed by atoms with E-state index >= 15 is 0 Å². The maximum Gasteiger partial charge on any atom is 0.220 e. The molecule has 85 heavy (non-hydrogen) atoms. The molecule has 0 radical (unpaired) electrons. The summed E-state index contributed by atoms with van der Waals surface area (Å²) in [6.45, 7) is 2.69. The molecule has 0 spiro atoms. The summed E-state index contributed by atoms with van der Waals surface area (Å²) in [6, 6.07) is -0.939. The molecule has 2 heterocycles. The van der Waals surface area contributed by atoms with Crippen molar-refractivity contribution in [2.45, 2.75) is 351 Å². The highest BCUT2D eigenvalue weighted by atomic mass is 16.7. The van der Waals surface area contributed by atoms with Crippen LogP contribution in [0.4, 0.5) is 0 Å². The first-order chi connectivity index (χ1) is 41.6. The Labute approximate surface area is 517 Å². The number of ether oxygens (including phenoxy) is 4. The molecular formula is C71H127NO13. The minimum atomic E-state index is -1.79. The molecule has 2 aliphatic heterocycles. The number of nitrogens with one attached hydrogen (secondary N) is 1. The van der Waals surface area contributed by atoms with Gasteiger partial charge in [-0.2, -0.15) is 0 Å². The number of amides is 1. The summed E-state index contributed by atoms with van der Waals surface area (Å²) >= 11 is 0. The molecule has 494 valence electrons. The van der Waals surface area contributed by atoms with Gasteiger partial charge in [-0.15, -0.1) is 0 Å². The summed E-state index contributed by atoms with van der Waals surface area (Å²) in [4.78, 5) is 13.3. The van der Waals surface area contributed by atoms with Gasteiger partial charge in [0.1, 0.15) is 48.8 Å². The molecule has 0 aromatic carbocycles. The third-order valence-corrected chi connectivity index (χ3v) is 16.6. The lowest BCUT2D eigenvalue weighted by Gasteiger charge is -2.46. The molecule has 12 atom stereocenters. The van der Waals surface area contributed by atoms with Crippen LogP contribution in [0.15, 0.2) is 72.9 Å². The summed E-state index contributed by atoms with van der Waals surface area (Å²) in [7, 11) is 0. The van der Waals surface area contributed by atoms with E-state index in [1.54, 1.807) is 6.08 Å².